The minimum Gasteiger partial charge on any atom is -0.322 e. The quantitative estimate of drug-likeness (QED) is 0.788. The van der Waals surface area contributed by atoms with Crippen molar-refractivity contribution in [2.45, 2.75) is 5.33 Å². The van der Waals surface area contributed by atoms with Gasteiger partial charge < -0.3 is 5.32 Å². The maximum Gasteiger partial charge on any atom is 0.255 e. The van der Waals surface area contributed by atoms with Crippen LogP contribution in [0.3, 0.4) is 0 Å². The molecular weight excluding hydrogens is 358 g/mol. The smallest absolute Gasteiger partial charge is 0.255 e. The number of alkyl halides is 1. The van der Waals surface area contributed by atoms with Gasteiger partial charge in [0.25, 0.3) is 5.91 Å². The molecule has 1 amide bonds. The first-order valence-corrected chi connectivity index (χ1v) is 7.32. The zero-order valence-electron chi connectivity index (χ0n) is 9.49. The normalized spacial score (nSPS) is 10.1. The van der Waals surface area contributed by atoms with Crippen LogP contribution in [0.25, 0.3) is 0 Å². The molecule has 1 N–H and O–H groups in total. The number of benzene rings is 2. The maximum absolute atomic E-state index is 12.0. The second-order valence-corrected chi connectivity index (χ2v) is 5.27. The van der Waals surface area contributed by atoms with Crippen LogP contribution in [0.2, 0.25) is 0 Å². The number of rotatable bonds is 3. The van der Waals surface area contributed by atoms with E-state index in [-0.39, 0.29) is 5.91 Å². The molecule has 0 aliphatic rings. The van der Waals surface area contributed by atoms with Gasteiger partial charge in [-0.3, -0.25) is 4.79 Å². The van der Waals surface area contributed by atoms with E-state index in [0.717, 1.165) is 21.1 Å². The van der Waals surface area contributed by atoms with E-state index in [2.05, 4.69) is 37.2 Å². The van der Waals surface area contributed by atoms with Gasteiger partial charge >= 0.3 is 0 Å². The summed E-state index contributed by atoms with van der Waals surface area (Å²) in [6.45, 7) is 0. The summed E-state index contributed by atoms with van der Waals surface area (Å²) >= 11 is 6.73. The van der Waals surface area contributed by atoms with Gasteiger partial charge in [0.05, 0.1) is 0 Å². The van der Waals surface area contributed by atoms with Crippen molar-refractivity contribution in [3.8, 4) is 0 Å². The topological polar surface area (TPSA) is 29.1 Å². The van der Waals surface area contributed by atoms with Crippen LogP contribution >= 0.6 is 31.9 Å². The van der Waals surface area contributed by atoms with Crippen LogP contribution in [0.15, 0.2) is 53.0 Å². The van der Waals surface area contributed by atoms with E-state index < -0.39 is 0 Å². The molecule has 0 saturated carbocycles. The monoisotopic (exact) mass is 367 g/mol. The van der Waals surface area contributed by atoms with Crippen LogP contribution in [0.4, 0.5) is 5.69 Å². The number of amides is 1. The highest BCUT2D eigenvalue weighted by Gasteiger charge is 2.05. The zero-order valence-corrected chi connectivity index (χ0v) is 12.7. The van der Waals surface area contributed by atoms with Crippen molar-refractivity contribution < 1.29 is 4.79 Å². The van der Waals surface area contributed by atoms with Crippen molar-refractivity contribution in [3.63, 3.8) is 0 Å². The minimum atomic E-state index is -0.0987. The number of nitrogens with one attached hydrogen (secondary N) is 1. The number of carbonyl (C=O) groups is 1. The molecule has 2 aromatic carbocycles. The van der Waals surface area contributed by atoms with Gasteiger partial charge in [0.1, 0.15) is 0 Å². The molecule has 0 aliphatic heterocycles. The molecular formula is C14H11Br2NO. The lowest BCUT2D eigenvalue weighted by molar-refractivity contribution is 0.102. The maximum atomic E-state index is 12.0. The first kappa shape index (κ1) is 13.3. The van der Waals surface area contributed by atoms with E-state index in [9.17, 15) is 4.79 Å². The van der Waals surface area contributed by atoms with Crippen molar-refractivity contribution >= 4 is 43.5 Å². The van der Waals surface area contributed by atoms with Gasteiger partial charge in [-0.25, -0.2) is 0 Å². The fourth-order valence-corrected chi connectivity index (χ4v) is 2.12. The van der Waals surface area contributed by atoms with E-state index in [4.69, 9.17) is 0 Å². The van der Waals surface area contributed by atoms with Crippen LogP contribution in [-0.2, 0) is 5.33 Å². The number of anilines is 1. The molecule has 2 rings (SSSR count). The van der Waals surface area contributed by atoms with Gasteiger partial charge in [-0.15, -0.1) is 0 Å². The number of hydrogen-bond acceptors (Lipinski definition) is 1. The van der Waals surface area contributed by atoms with Crippen LogP contribution in [0.1, 0.15) is 15.9 Å². The number of halogens is 2. The predicted octanol–water partition coefficient (Wildman–Crippen LogP) is 4.60. The second-order valence-electron chi connectivity index (χ2n) is 3.79. The van der Waals surface area contributed by atoms with Crippen molar-refractivity contribution in [2.24, 2.45) is 0 Å². The van der Waals surface area contributed by atoms with Crippen LogP contribution in [0, 0.1) is 0 Å². The van der Waals surface area contributed by atoms with E-state index in [0.29, 0.717) is 5.56 Å². The molecule has 0 aromatic heterocycles. The minimum absolute atomic E-state index is 0.0987. The van der Waals surface area contributed by atoms with Crippen LogP contribution < -0.4 is 5.32 Å². The first-order valence-electron chi connectivity index (χ1n) is 5.41. The Morgan fingerprint density at radius 1 is 1.00 bits per heavy atom. The Labute approximate surface area is 123 Å². The molecule has 0 aliphatic carbocycles. The Kier molecular flexibility index (Phi) is 4.55. The van der Waals surface area contributed by atoms with Crippen molar-refractivity contribution in [2.75, 3.05) is 5.32 Å². The lowest BCUT2D eigenvalue weighted by Gasteiger charge is -2.05. The van der Waals surface area contributed by atoms with Gasteiger partial charge in [0.15, 0.2) is 0 Å². The Morgan fingerprint density at radius 2 is 1.61 bits per heavy atom. The van der Waals surface area contributed by atoms with Crippen LogP contribution in [0.5, 0.6) is 0 Å². The fraction of sp³-hybridized carbons (Fsp3) is 0.0714. The predicted molar refractivity (Wildman–Crippen MR) is 81.2 cm³/mol. The Bertz CT molecular complexity index is 535. The average molecular weight is 369 g/mol. The van der Waals surface area contributed by atoms with Gasteiger partial charge in [0, 0.05) is 21.1 Å². The molecule has 18 heavy (non-hydrogen) atoms. The molecule has 0 atom stereocenters. The van der Waals surface area contributed by atoms with Crippen molar-refractivity contribution in [3.05, 3.63) is 64.1 Å². The molecule has 2 aromatic rings. The number of hydrogen-bond donors (Lipinski definition) is 1. The third kappa shape index (κ3) is 3.43. The Hall–Kier alpha value is -1.13. The third-order valence-corrected chi connectivity index (χ3v) is 3.65. The molecule has 4 heteroatoms. The summed E-state index contributed by atoms with van der Waals surface area (Å²) in [4.78, 5) is 12.0. The lowest BCUT2D eigenvalue weighted by Crippen LogP contribution is -2.11. The lowest BCUT2D eigenvalue weighted by atomic mass is 10.1. The highest BCUT2D eigenvalue weighted by Crippen LogP contribution is 2.15. The molecule has 0 bridgehead atoms. The average Bonchev–Trinajstić information content (AvgIpc) is 2.41. The molecule has 0 heterocycles. The summed E-state index contributed by atoms with van der Waals surface area (Å²) < 4.78 is 0.988. The summed E-state index contributed by atoms with van der Waals surface area (Å²) in [5.41, 5.74) is 2.59. The van der Waals surface area contributed by atoms with E-state index >= 15 is 0 Å². The zero-order chi connectivity index (χ0) is 13.0. The Morgan fingerprint density at radius 3 is 2.17 bits per heavy atom. The largest absolute Gasteiger partial charge is 0.322 e. The summed E-state index contributed by atoms with van der Waals surface area (Å²) in [5, 5.41) is 3.64. The molecule has 92 valence electrons. The first-order chi connectivity index (χ1) is 8.69. The molecule has 0 spiro atoms. The number of carbonyl (C=O) groups excluding carboxylic acids is 1. The van der Waals surface area contributed by atoms with Gasteiger partial charge in [-0.05, 0) is 42.0 Å². The molecule has 0 saturated heterocycles. The molecule has 0 unspecified atom stereocenters. The van der Waals surface area contributed by atoms with Crippen LogP contribution in [-0.4, -0.2) is 5.91 Å². The highest BCUT2D eigenvalue weighted by atomic mass is 79.9. The van der Waals surface area contributed by atoms with Gasteiger partial charge in [-0.2, -0.15) is 0 Å². The van der Waals surface area contributed by atoms with Gasteiger partial charge in [0.2, 0.25) is 0 Å². The van der Waals surface area contributed by atoms with E-state index in [1.807, 2.05) is 48.5 Å². The second kappa shape index (κ2) is 6.16. The molecule has 0 radical (unpaired) electrons. The molecule has 0 fully saturated rings. The summed E-state index contributed by atoms with van der Waals surface area (Å²) in [5.74, 6) is -0.0987. The highest BCUT2D eigenvalue weighted by molar-refractivity contribution is 9.10. The Balaban J connectivity index is 2.09. The standard InChI is InChI=1S/C14H11Br2NO/c15-9-10-1-3-11(4-2-10)14(18)17-13-7-5-12(16)6-8-13/h1-8H,9H2,(H,17,18). The summed E-state index contributed by atoms with van der Waals surface area (Å²) in [7, 11) is 0. The molecule has 2 nitrogen and oxygen atoms in total. The third-order valence-electron chi connectivity index (χ3n) is 2.47. The summed E-state index contributed by atoms with van der Waals surface area (Å²) in [6, 6.07) is 15.0. The fourth-order valence-electron chi connectivity index (χ4n) is 1.48. The van der Waals surface area contributed by atoms with Gasteiger partial charge in [-0.1, -0.05) is 44.0 Å². The SMILES string of the molecule is O=C(Nc1ccc(Br)cc1)c1ccc(CBr)cc1. The van der Waals surface area contributed by atoms with E-state index in [1.165, 1.54) is 0 Å². The van der Waals surface area contributed by atoms with Crippen molar-refractivity contribution in [1.82, 2.24) is 0 Å². The van der Waals surface area contributed by atoms with E-state index in [1.54, 1.807) is 0 Å². The van der Waals surface area contributed by atoms with Crippen molar-refractivity contribution in [1.29, 1.82) is 0 Å². The summed E-state index contributed by atoms with van der Waals surface area (Å²) in [6.07, 6.45) is 0.